The fourth-order valence-electron chi connectivity index (χ4n) is 2.65. The van der Waals surface area contributed by atoms with Crippen molar-refractivity contribution in [2.45, 2.75) is 38.1 Å². The zero-order valence-corrected chi connectivity index (χ0v) is 16.5. The molecule has 2 N–H and O–H groups in total. The summed E-state index contributed by atoms with van der Waals surface area (Å²) in [6, 6.07) is 5.02. The van der Waals surface area contributed by atoms with Crippen molar-refractivity contribution in [3.05, 3.63) is 46.5 Å². The van der Waals surface area contributed by atoms with E-state index in [1.54, 1.807) is 0 Å². The summed E-state index contributed by atoms with van der Waals surface area (Å²) in [6.07, 6.45) is 2.33. The number of rotatable bonds is 9. The van der Waals surface area contributed by atoms with Gasteiger partial charge in [0.25, 0.3) is 0 Å². The minimum atomic E-state index is -1.06. The summed E-state index contributed by atoms with van der Waals surface area (Å²) >= 11 is 0. The number of ether oxygens (including phenoxy) is 4. The third-order valence-corrected chi connectivity index (χ3v) is 4.77. The van der Waals surface area contributed by atoms with Gasteiger partial charge in [0.2, 0.25) is 0 Å². The van der Waals surface area contributed by atoms with Crippen LogP contribution in [0.5, 0.6) is 0 Å². The lowest BCUT2D eigenvalue weighted by molar-refractivity contribution is -0.139. The van der Waals surface area contributed by atoms with Crippen molar-refractivity contribution in [2.75, 3.05) is 26.4 Å². The summed E-state index contributed by atoms with van der Waals surface area (Å²) in [7, 11) is 0. The molecule has 9 nitrogen and oxygen atoms in total. The Labute approximate surface area is 173 Å². The van der Waals surface area contributed by atoms with Crippen molar-refractivity contribution in [3.63, 3.8) is 0 Å². The van der Waals surface area contributed by atoms with Crippen LogP contribution < -0.4 is 0 Å². The number of carbonyl (C=O) groups excluding carboxylic acids is 1. The maximum atomic E-state index is 11.9. The molecule has 1 aromatic rings. The zero-order chi connectivity index (χ0) is 21.7. The van der Waals surface area contributed by atoms with Gasteiger partial charge in [-0.15, -0.1) is 0 Å². The smallest absolute Gasteiger partial charge is 0.335 e. The van der Waals surface area contributed by atoms with E-state index >= 15 is 0 Å². The van der Waals surface area contributed by atoms with Crippen LogP contribution in [-0.2, 0) is 23.7 Å². The first-order valence-electron chi connectivity index (χ1n) is 9.60. The topological polar surface area (TPSA) is 138 Å². The molecule has 3 fully saturated rings. The molecule has 3 heterocycles. The Bertz CT molecular complexity index is 766. The highest BCUT2D eigenvalue weighted by Crippen LogP contribution is 2.29. The fourth-order valence-corrected chi connectivity index (χ4v) is 2.65. The lowest BCUT2D eigenvalue weighted by atomic mass is 9.99. The molecule has 9 heteroatoms. The molecule has 0 aliphatic carbocycles. The van der Waals surface area contributed by atoms with Gasteiger partial charge in [0.1, 0.15) is 12.7 Å². The van der Waals surface area contributed by atoms with E-state index in [-0.39, 0.29) is 35.4 Å². The number of hydrogen-bond donors (Lipinski definition) is 2. The second-order valence-corrected chi connectivity index (χ2v) is 7.29. The normalized spacial score (nSPS) is 22.8. The number of aromatic carboxylic acids is 2. The molecule has 4 rings (SSSR count). The molecule has 1 aromatic carbocycles. The van der Waals surface area contributed by atoms with Crippen molar-refractivity contribution < 1.29 is 43.5 Å². The van der Waals surface area contributed by atoms with E-state index in [1.807, 2.05) is 6.92 Å². The van der Waals surface area contributed by atoms with E-state index in [9.17, 15) is 14.4 Å². The van der Waals surface area contributed by atoms with Gasteiger partial charge in [-0.25, -0.2) is 14.4 Å². The molecule has 0 aromatic heterocycles. The number of hydrogen-bond acceptors (Lipinski definition) is 7. The van der Waals surface area contributed by atoms with Crippen molar-refractivity contribution in [1.29, 1.82) is 0 Å². The SMILES string of the molecule is CC(C(=O)OCC1CO1)=C(CC1CO1)CC1CO1.O=C(O)c1ccc(C(=O)O)cc1. The molecular weight excluding hydrogens is 396 g/mol. The van der Waals surface area contributed by atoms with Crippen molar-refractivity contribution >= 4 is 17.9 Å². The Balaban J connectivity index is 0.000000187. The van der Waals surface area contributed by atoms with E-state index in [4.69, 9.17) is 29.2 Å². The summed E-state index contributed by atoms with van der Waals surface area (Å²) < 4.78 is 20.7. The highest BCUT2D eigenvalue weighted by Gasteiger charge is 2.31. The Morgan fingerprint density at radius 3 is 1.60 bits per heavy atom. The van der Waals surface area contributed by atoms with Gasteiger partial charge < -0.3 is 29.2 Å². The average molecular weight is 420 g/mol. The summed E-state index contributed by atoms with van der Waals surface area (Å²) in [5.41, 5.74) is 1.99. The number of carbonyl (C=O) groups is 3. The summed E-state index contributed by atoms with van der Waals surface area (Å²) in [6.45, 7) is 4.49. The van der Waals surface area contributed by atoms with Gasteiger partial charge in [-0.3, -0.25) is 0 Å². The van der Waals surface area contributed by atoms with Crippen LogP contribution >= 0.6 is 0 Å². The summed E-state index contributed by atoms with van der Waals surface area (Å²) in [5, 5.41) is 16.9. The van der Waals surface area contributed by atoms with Crippen LogP contribution in [0.2, 0.25) is 0 Å². The predicted molar refractivity (Wildman–Crippen MR) is 102 cm³/mol. The van der Waals surface area contributed by atoms with Crippen LogP contribution in [0.25, 0.3) is 0 Å². The summed E-state index contributed by atoms with van der Waals surface area (Å²) in [5.74, 6) is -2.36. The van der Waals surface area contributed by atoms with E-state index in [2.05, 4.69) is 0 Å². The molecule has 0 amide bonds. The van der Waals surface area contributed by atoms with Gasteiger partial charge in [-0.1, -0.05) is 5.57 Å². The molecule has 3 aliphatic heterocycles. The predicted octanol–water partition coefficient (Wildman–Crippen LogP) is 1.91. The maximum Gasteiger partial charge on any atom is 0.335 e. The highest BCUT2D eigenvalue weighted by molar-refractivity contribution is 5.91. The number of carboxylic acids is 2. The standard InChI is InChI=1S/C13H18O5.C8H6O4/c1-8(13(14)18-7-12-6-17-12)9(2-10-4-15-10)3-11-5-16-11;9-7(10)5-1-2-6(4-3-5)8(11)12/h10-12H,2-7H2,1H3;1-4H,(H,9,10)(H,11,12). The zero-order valence-electron chi connectivity index (χ0n) is 16.5. The largest absolute Gasteiger partial charge is 0.478 e. The highest BCUT2D eigenvalue weighted by atomic mass is 16.6. The minimum absolute atomic E-state index is 0.0833. The first-order valence-corrected chi connectivity index (χ1v) is 9.60. The molecule has 3 atom stereocenters. The average Bonchev–Trinajstić information content (AvgIpc) is 3.56. The van der Waals surface area contributed by atoms with E-state index in [0.717, 1.165) is 31.6 Å². The number of epoxide rings is 3. The fraction of sp³-hybridized carbons (Fsp3) is 0.476. The van der Waals surface area contributed by atoms with Crippen LogP contribution in [0, 0.1) is 0 Å². The van der Waals surface area contributed by atoms with Crippen LogP contribution in [0.3, 0.4) is 0 Å². The van der Waals surface area contributed by atoms with Gasteiger partial charge in [0.15, 0.2) is 0 Å². The van der Waals surface area contributed by atoms with E-state index in [1.165, 1.54) is 24.3 Å². The van der Waals surface area contributed by atoms with Crippen molar-refractivity contribution in [3.8, 4) is 0 Å². The number of carboxylic acid groups (broad SMARTS) is 2. The lowest BCUT2D eigenvalue weighted by Gasteiger charge is -2.10. The van der Waals surface area contributed by atoms with E-state index in [0.29, 0.717) is 18.8 Å². The van der Waals surface area contributed by atoms with Gasteiger partial charge >= 0.3 is 17.9 Å². The van der Waals surface area contributed by atoms with Gasteiger partial charge in [-0.2, -0.15) is 0 Å². The lowest BCUT2D eigenvalue weighted by Crippen LogP contribution is -2.13. The molecular formula is C21H24O9. The molecule has 0 saturated carbocycles. The van der Waals surface area contributed by atoms with Crippen LogP contribution in [0.1, 0.15) is 40.5 Å². The second-order valence-electron chi connectivity index (χ2n) is 7.29. The first kappa shape index (κ1) is 21.9. The molecule has 3 aliphatic rings. The Morgan fingerprint density at radius 1 is 0.867 bits per heavy atom. The van der Waals surface area contributed by atoms with Gasteiger partial charge in [-0.05, 0) is 44.0 Å². The molecule has 3 unspecified atom stereocenters. The Morgan fingerprint density at radius 2 is 1.27 bits per heavy atom. The third-order valence-electron chi connectivity index (χ3n) is 4.77. The Kier molecular flexibility index (Phi) is 7.20. The molecule has 162 valence electrons. The van der Waals surface area contributed by atoms with Crippen LogP contribution in [0.4, 0.5) is 0 Å². The molecule has 30 heavy (non-hydrogen) atoms. The molecule has 3 saturated heterocycles. The number of esters is 1. The third kappa shape index (κ3) is 7.25. The minimum Gasteiger partial charge on any atom is -0.478 e. The van der Waals surface area contributed by atoms with Gasteiger partial charge in [0, 0.05) is 5.57 Å². The summed E-state index contributed by atoms with van der Waals surface area (Å²) in [4.78, 5) is 32.6. The quantitative estimate of drug-likeness (QED) is 0.348. The van der Waals surface area contributed by atoms with Crippen molar-refractivity contribution in [2.24, 2.45) is 0 Å². The van der Waals surface area contributed by atoms with Crippen molar-refractivity contribution in [1.82, 2.24) is 0 Å². The number of benzene rings is 1. The molecule has 0 bridgehead atoms. The van der Waals surface area contributed by atoms with E-state index < -0.39 is 11.9 Å². The Hall–Kier alpha value is -2.75. The second kappa shape index (κ2) is 9.84. The molecule has 0 spiro atoms. The monoisotopic (exact) mass is 420 g/mol. The first-order chi connectivity index (χ1) is 14.3. The van der Waals surface area contributed by atoms with Gasteiger partial charge in [0.05, 0.1) is 43.2 Å². The van der Waals surface area contributed by atoms with Crippen LogP contribution in [-0.4, -0.2) is 72.9 Å². The maximum absolute atomic E-state index is 11.9. The molecule has 0 radical (unpaired) electrons. The van der Waals surface area contributed by atoms with Crippen LogP contribution in [0.15, 0.2) is 35.4 Å².